The Hall–Kier alpha value is -1.31. The Morgan fingerprint density at radius 1 is 1.37 bits per heavy atom. The van der Waals surface area contributed by atoms with Crippen LogP contribution in [0.25, 0.3) is 0 Å². The summed E-state index contributed by atoms with van der Waals surface area (Å²) in [6, 6.07) is 0.779. The molecule has 0 unspecified atom stereocenters. The van der Waals surface area contributed by atoms with Gasteiger partial charge in [-0.15, -0.1) is 0 Å². The molecule has 0 saturated carbocycles. The summed E-state index contributed by atoms with van der Waals surface area (Å²) in [7, 11) is 0. The molecular formula is C11H12BrF3N2O2. The lowest BCUT2D eigenvalue weighted by atomic mass is 10.2. The van der Waals surface area contributed by atoms with Crippen molar-refractivity contribution in [3.63, 3.8) is 0 Å². The van der Waals surface area contributed by atoms with Gasteiger partial charge in [0.25, 0.3) is 0 Å². The predicted octanol–water partition coefficient (Wildman–Crippen LogP) is 4.21. The number of hydrogen-bond acceptors (Lipinski definition) is 3. The molecule has 4 nitrogen and oxygen atoms in total. The van der Waals surface area contributed by atoms with E-state index in [0.29, 0.717) is 0 Å². The highest BCUT2D eigenvalue weighted by atomic mass is 79.9. The van der Waals surface area contributed by atoms with Crippen LogP contribution in [0.2, 0.25) is 0 Å². The second-order valence-electron chi connectivity index (χ2n) is 4.69. The number of rotatable bonds is 1. The zero-order valence-electron chi connectivity index (χ0n) is 10.4. The van der Waals surface area contributed by atoms with Crippen molar-refractivity contribution in [2.75, 3.05) is 5.32 Å². The Labute approximate surface area is 116 Å². The quantitative estimate of drug-likeness (QED) is 0.779. The maximum absolute atomic E-state index is 12.6. The van der Waals surface area contributed by atoms with Gasteiger partial charge in [0.2, 0.25) is 0 Å². The summed E-state index contributed by atoms with van der Waals surface area (Å²) in [5.74, 6) is 0. The zero-order valence-corrected chi connectivity index (χ0v) is 12.0. The van der Waals surface area contributed by atoms with Crippen molar-refractivity contribution in [1.29, 1.82) is 0 Å². The van der Waals surface area contributed by atoms with Gasteiger partial charge < -0.3 is 4.74 Å². The fraction of sp³-hybridized carbons (Fsp3) is 0.455. The highest BCUT2D eigenvalue weighted by molar-refractivity contribution is 9.10. The van der Waals surface area contributed by atoms with E-state index in [1.807, 2.05) is 0 Å². The van der Waals surface area contributed by atoms with E-state index < -0.39 is 23.4 Å². The second-order valence-corrected chi connectivity index (χ2v) is 5.44. The van der Waals surface area contributed by atoms with Crippen LogP contribution in [0, 0.1) is 0 Å². The summed E-state index contributed by atoms with van der Waals surface area (Å²) < 4.78 is 42.5. The summed E-state index contributed by atoms with van der Waals surface area (Å²) in [4.78, 5) is 14.9. The number of anilines is 1. The molecule has 0 aliphatic rings. The molecule has 0 aliphatic heterocycles. The van der Waals surface area contributed by atoms with Gasteiger partial charge in [-0.3, -0.25) is 5.32 Å². The summed E-state index contributed by atoms with van der Waals surface area (Å²) in [5.41, 5.74) is -1.80. The van der Waals surface area contributed by atoms with Gasteiger partial charge in [0.15, 0.2) is 0 Å². The van der Waals surface area contributed by atoms with Gasteiger partial charge in [0.1, 0.15) is 10.2 Å². The van der Waals surface area contributed by atoms with Crippen molar-refractivity contribution in [3.8, 4) is 0 Å². The van der Waals surface area contributed by atoms with Gasteiger partial charge in [-0.1, -0.05) is 0 Å². The Kier molecular flexibility index (Phi) is 4.44. The normalized spacial score (nSPS) is 12.2. The molecule has 106 valence electrons. The number of halogens is 4. The number of amides is 1. The number of carbonyl (C=O) groups is 1. The molecule has 0 atom stereocenters. The zero-order chi connectivity index (χ0) is 14.8. The van der Waals surface area contributed by atoms with E-state index in [-0.39, 0.29) is 10.3 Å². The van der Waals surface area contributed by atoms with Crippen LogP contribution in [0.4, 0.5) is 23.7 Å². The maximum Gasteiger partial charge on any atom is 0.419 e. The SMILES string of the molecule is CC(C)(C)OC(=O)Nc1cnc(Br)c(C(F)(F)F)c1. The Morgan fingerprint density at radius 3 is 2.42 bits per heavy atom. The van der Waals surface area contributed by atoms with E-state index in [2.05, 4.69) is 26.2 Å². The number of hydrogen-bond donors (Lipinski definition) is 1. The average molecular weight is 341 g/mol. The van der Waals surface area contributed by atoms with E-state index >= 15 is 0 Å². The fourth-order valence-electron chi connectivity index (χ4n) is 1.14. The first-order valence-electron chi connectivity index (χ1n) is 5.22. The number of alkyl halides is 3. The number of nitrogens with zero attached hydrogens (tertiary/aromatic N) is 1. The van der Waals surface area contributed by atoms with Crippen molar-refractivity contribution in [1.82, 2.24) is 4.98 Å². The van der Waals surface area contributed by atoms with Crippen LogP contribution in [0.15, 0.2) is 16.9 Å². The molecule has 1 amide bonds. The highest BCUT2D eigenvalue weighted by Gasteiger charge is 2.34. The average Bonchev–Trinajstić information content (AvgIpc) is 2.16. The lowest BCUT2D eigenvalue weighted by molar-refractivity contribution is -0.138. The standard InChI is InChI=1S/C11H12BrF3N2O2/c1-10(2,3)19-9(18)17-6-4-7(11(13,14)15)8(12)16-5-6/h4-5H,1-3H3,(H,17,18). The van der Waals surface area contributed by atoms with Gasteiger partial charge in [-0.05, 0) is 42.8 Å². The Balaban J connectivity index is 2.89. The molecule has 1 aromatic rings. The van der Waals surface area contributed by atoms with Crippen LogP contribution in [-0.4, -0.2) is 16.7 Å². The summed E-state index contributed by atoms with van der Waals surface area (Å²) in [5, 5.41) is 2.19. The Morgan fingerprint density at radius 2 is 1.95 bits per heavy atom. The molecule has 8 heteroatoms. The molecule has 0 spiro atoms. The Bertz CT molecular complexity index is 484. The van der Waals surface area contributed by atoms with Crippen LogP contribution in [0.5, 0.6) is 0 Å². The topological polar surface area (TPSA) is 51.2 Å². The van der Waals surface area contributed by atoms with E-state index in [1.54, 1.807) is 20.8 Å². The van der Waals surface area contributed by atoms with Crippen molar-refractivity contribution in [2.45, 2.75) is 32.5 Å². The van der Waals surface area contributed by atoms with Crippen molar-refractivity contribution in [3.05, 3.63) is 22.4 Å². The van der Waals surface area contributed by atoms with E-state index in [0.717, 1.165) is 12.3 Å². The number of nitrogens with one attached hydrogen (secondary N) is 1. The molecule has 0 fully saturated rings. The third-order valence-corrected chi connectivity index (χ3v) is 2.42. The summed E-state index contributed by atoms with van der Waals surface area (Å²) >= 11 is 2.71. The predicted molar refractivity (Wildman–Crippen MR) is 66.8 cm³/mol. The second kappa shape index (κ2) is 5.36. The molecule has 1 aromatic heterocycles. The number of aromatic nitrogens is 1. The minimum atomic E-state index is -4.56. The minimum Gasteiger partial charge on any atom is -0.444 e. The third kappa shape index (κ3) is 5.06. The van der Waals surface area contributed by atoms with Crippen LogP contribution in [-0.2, 0) is 10.9 Å². The molecule has 0 radical (unpaired) electrons. The maximum atomic E-state index is 12.6. The van der Waals surface area contributed by atoms with E-state index in [4.69, 9.17) is 4.74 Å². The van der Waals surface area contributed by atoms with Crippen molar-refractivity contribution < 1.29 is 22.7 Å². The van der Waals surface area contributed by atoms with Gasteiger partial charge in [-0.25, -0.2) is 9.78 Å². The molecule has 19 heavy (non-hydrogen) atoms. The molecule has 0 aliphatic carbocycles. The fourth-order valence-corrected chi connectivity index (χ4v) is 1.58. The lowest BCUT2D eigenvalue weighted by Gasteiger charge is -2.20. The molecule has 0 saturated heterocycles. The molecular weight excluding hydrogens is 329 g/mol. The van der Waals surface area contributed by atoms with Gasteiger partial charge in [0.05, 0.1) is 17.4 Å². The monoisotopic (exact) mass is 340 g/mol. The first kappa shape index (κ1) is 15.7. The van der Waals surface area contributed by atoms with E-state index in [9.17, 15) is 18.0 Å². The van der Waals surface area contributed by atoms with Gasteiger partial charge in [0, 0.05) is 0 Å². The van der Waals surface area contributed by atoms with Gasteiger partial charge >= 0.3 is 12.3 Å². The minimum absolute atomic E-state index is 0.0928. The largest absolute Gasteiger partial charge is 0.444 e. The molecule has 0 aromatic carbocycles. The summed E-state index contributed by atoms with van der Waals surface area (Å²) in [6.45, 7) is 4.94. The molecule has 1 heterocycles. The molecule has 0 bridgehead atoms. The number of ether oxygens (including phenoxy) is 1. The van der Waals surface area contributed by atoms with E-state index in [1.165, 1.54) is 0 Å². The third-order valence-electron chi connectivity index (χ3n) is 1.79. The lowest BCUT2D eigenvalue weighted by Crippen LogP contribution is -2.27. The van der Waals surface area contributed by atoms with Crippen LogP contribution >= 0.6 is 15.9 Å². The summed E-state index contributed by atoms with van der Waals surface area (Å²) in [6.07, 6.45) is -4.30. The molecule has 1 N–H and O–H groups in total. The van der Waals surface area contributed by atoms with Crippen LogP contribution in [0.1, 0.15) is 26.3 Å². The van der Waals surface area contributed by atoms with Crippen LogP contribution < -0.4 is 5.32 Å². The number of pyridine rings is 1. The van der Waals surface area contributed by atoms with Gasteiger partial charge in [-0.2, -0.15) is 13.2 Å². The van der Waals surface area contributed by atoms with Crippen molar-refractivity contribution >= 4 is 27.7 Å². The smallest absolute Gasteiger partial charge is 0.419 e. The van der Waals surface area contributed by atoms with Crippen LogP contribution in [0.3, 0.4) is 0 Å². The first-order valence-corrected chi connectivity index (χ1v) is 6.01. The highest BCUT2D eigenvalue weighted by Crippen LogP contribution is 2.35. The number of carbonyl (C=O) groups excluding carboxylic acids is 1. The first-order chi connectivity index (χ1) is 8.49. The molecule has 1 rings (SSSR count). The van der Waals surface area contributed by atoms with Crippen molar-refractivity contribution in [2.24, 2.45) is 0 Å².